The van der Waals surface area contributed by atoms with Crippen molar-refractivity contribution in [3.8, 4) is 11.5 Å². The number of benzene rings is 2. The maximum atomic E-state index is 12.7. The minimum Gasteiger partial charge on any atom is -0.465 e. The van der Waals surface area contributed by atoms with Crippen molar-refractivity contribution in [1.29, 1.82) is 0 Å². The standard InChI is InChI=1S/C22H20N2O4S/c1-27-22(26)17-7-8-19-16(11-17)9-10-24(19)20(25)14-29-13-18-12-28-21(23-18)15-5-3-2-4-6-15/h2-8,11-12H,9-10,13-14H2,1H3. The van der Waals surface area contributed by atoms with Gasteiger partial charge in [-0.15, -0.1) is 11.8 Å². The average Bonchev–Trinajstić information content (AvgIpc) is 3.40. The maximum absolute atomic E-state index is 12.7. The second-order valence-corrected chi connectivity index (χ2v) is 7.62. The summed E-state index contributed by atoms with van der Waals surface area (Å²) in [5, 5.41) is 0. The number of thioether (sulfide) groups is 1. The van der Waals surface area contributed by atoms with Crippen LogP contribution in [0, 0.1) is 0 Å². The molecule has 1 aliphatic rings. The van der Waals surface area contributed by atoms with Gasteiger partial charge in [0.25, 0.3) is 0 Å². The molecule has 0 radical (unpaired) electrons. The minimum atomic E-state index is -0.365. The van der Waals surface area contributed by atoms with Gasteiger partial charge in [-0.25, -0.2) is 9.78 Å². The molecule has 1 amide bonds. The highest BCUT2D eigenvalue weighted by molar-refractivity contribution is 7.99. The molecule has 0 unspecified atom stereocenters. The van der Waals surface area contributed by atoms with Crippen molar-refractivity contribution in [3.63, 3.8) is 0 Å². The Morgan fingerprint density at radius 1 is 1.21 bits per heavy atom. The SMILES string of the molecule is COC(=O)c1ccc2c(c1)CCN2C(=O)CSCc1coc(-c2ccccc2)n1. The van der Waals surface area contributed by atoms with Gasteiger partial charge in [0, 0.05) is 23.5 Å². The summed E-state index contributed by atoms with van der Waals surface area (Å²) in [6.07, 6.45) is 2.37. The summed E-state index contributed by atoms with van der Waals surface area (Å²) in [6, 6.07) is 15.0. The highest BCUT2D eigenvalue weighted by Crippen LogP contribution is 2.30. The zero-order valence-corrected chi connectivity index (χ0v) is 16.8. The number of ether oxygens (including phenoxy) is 1. The Morgan fingerprint density at radius 2 is 2.03 bits per heavy atom. The lowest BCUT2D eigenvalue weighted by Gasteiger charge is -2.17. The maximum Gasteiger partial charge on any atom is 0.337 e. The normalized spacial score (nSPS) is 12.7. The molecule has 0 bridgehead atoms. The molecular formula is C22H20N2O4S. The quantitative estimate of drug-likeness (QED) is 0.575. The lowest BCUT2D eigenvalue weighted by atomic mass is 10.1. The van der Waals surface area contributed by atoms with E-state index < -0.39 is 0 Å². The fraction of sp³-hybridized carbons (Fsp3) is 0.227. The molecule has 0 fully saturated rings. The van der Waals surface area contributed by atoms with Gasteiger partial charge in [-0.3, -0.25) is 4.79 Å². The molecule has 0 spiro atoms. The molecule has 0 saturated carbocycles. The van der Waals surface area contributed by atoms with Gasteiger partial charge in [0.05, 0.1) is 24.1 Å². The summed E-state index contributed by atoms with van der Waals surface area (Å²) in [5.41, 5.74) is 4.12. The van der Waals surface area contributed by atoms with Crippen LogP contribution in [0.3, 0.4) is 0 Å². The van der Waals surface area contributed by atoms with Gasteiger partial charge in [0.2, 0.25) is 11.8 Å². The molecule has 0 aliphatic carbocycles. The third-order valence-corrected chi connectivity index (χ3v) is 5.70. The fourth-order valence-corrected chi connectivity index (χ4v) is 4.09. The largest absolute Gasteiger partial charge is 0.465 e. The van der Waals surface area contributed by atoms with Crippen molar-refractivity contribution in [2.75, 3.05) is 24.3 Å². The summed E-state index contributed by atoms with van der Waals surface area (Å²) in [6.45, 7) is 0.626. The number of rotatable bonds is 6. The van der Waals surface area contributed by atoms with Gasteiger partial charge in [-0.1, -0.05) is 18.2 Å². The first-order valence-corrected chi connectivity index (χ1v) is 10.4. The Hall–Kier alpha value is -3.06. The average molecular weight is 408 g/mol. The van der Waals surface area contributed by atoms with Crippen LogP contribution in [0.2, 0.25) is 0 Å². The van der Waals surface area contributed by atoms with E-state index in [2.05, 4.69) is 4.98 Å². The Morgan fingerprint density at radius 3 is 2.83 bits per heavy atom. The van der Waals surface area contributed by atoms with Gasteiger partial charge in [0.1, 0.15) is 6.26 Å². The highest BCUT2D eigenvalue weighted by atomic mass is 32.2. The number of hydrogen-bond acceptors (Lipinski definition) is 6. The highest BCUT2D eigenvalue weighted by Gasteiger charge is 2.25. The summed E-state index contributed by atoms with van der Waals surface area (Å²) < 4.78 is 10.3. The second-order valence-electron chi connectivity index (χ2n) is 6.63. The van der Waals surface area contributed by atoms with Crippen LogP contribution in [-0.4, -0.2) is 36.3 Å². The summed E-state index contributed by atoms with van der Waals surface area (Å²) >= 11 is 1.51. The molecule has 1 aromatic heterocycles. The molecule has 6 nitrogen and oxygen atoms in total. The fourth-order valence-electron chi connectivity index (χ4n) is 3.31. The Bertz CT molecular complexity index is 1030. The van der Waals surface area contributed by atoms with E-state index >= 15 is 0 Å². The van der Waals surface area contributed by atoms with Crippen molar-refractivity contribution in [2.45, 2.75) is 12.2 Å². The predicted molar refractivity (Wildman–Crippen MR) is 112 cm³/mol. The van der Waals surface area contributed by atoms with Crippen LogP contribution in [-0.2, 0) is 21.7 Å². The molecule has 4 rings (SSSR count). The van der Waals surface area contributed by atoms with Crippen LogP contribution in [0.4, 0.5) is 5.69 Å². The number of amides is 1. The summed E-state index contributed by atoms with van der Waals surface area (Å²) in [4.78, 5) is 30.6. The van der Waals surface area contributed by atoms with Crippen LogP contribution in [0.15, 0.2) is 59.2 Å². The third kappa shape index (κ3) is 4.19. The van der Waals surface area contributed by atoms with Crippen molar-refractivity contribution in [3.05, 3.63) is 71.6 Å². The van der Waals surface area contributed by atoms with E-state index in [-0.39, 0.29) is 11.9 Å². The second kappa shape index (κ2) is 8.53. The van der Waals surface area contributed by atoms with Gasteiger partial charge in [0.15, 0.2) is 0 Å². The van der Waals surface area contributed by atoms with E-state index in [1.54, 1.807) is 17.2 Å². The number of fused-ring (bicyclic) bond motifs is 1. The Balaban J connectivity index is 1.34. The molecule has 1 aliphatic heterocycles. The van der Waals surface area contributed by atoms with Crippen LogP contribution < -0.4 is 4.90 Å². The Labute approximate surface area is 172 Å². The third-order valence-electron chi connectivity index (χ3n) is 4.75. The Kier molecular flexibility index (Phi) is 5.67. The summed E-state index contributed by atoms with van der Waals surface area (Å²) in [5.74, 6) is 1.22. The first kappa shape index (κ1) is 19.3. The molecule has 7 heteroatoms. The zero-order chi connectivity index (χ0) is 20.2. The number of hydrogen-bond donors (Lipinski definition) is 0. The number of anilines is 1. The smallest absolute Gasteiger partial charge is 0.337 e. The molecule has 3 aromatic rings. The van der Waals surface area contributed by atoms with Crippen molar-refractivity contribution >= 4 is 29.3 Å². The first-order chi connectivity index (χ1) is 14.2. The zero-order valence-electron chi connectivity index (χ0n) is 16.0. The molecular weight excluding hydrogens is 388 g/mol. The van der Waals surface area contributed by atoms with Gasteiger partial charge >= 0.3 is 5.97 Å². The van der Waals surface area contributed by atoms with E-state index in [1.807, 2.05) is 42.5 Å². The molecule has 29 heavy (non-hydrogen) atoms. The van der Waals surface area contributed by atoms with Crippen LogP contribution in [0.1, 0.15) is 21.6 Å². The first-order valence-electron chi connectivity index (χ1n) is 9.25. The number of nitrogens with zero attached hydrogens (tertiary/aromatic N) is 2. The molecule has 2 aromatic carbocycles. The lowest BCUT2D eigenvalue weighted by Crippen LogP contribution is -2.30. The molecule has 0 atom stereocenters. The summed E-state index contributed by atoms with van der Waals surface area (Å²) in [7, 11) is 1.36. The number of carbonyl (C=O) groups excluding carboxylic acids is 2. The van der Waals surface area contributed by atoms with Gasteiger partial charge < -0.3 is 14.1 Å². The van der Waals surface area contributed by atoms with E-state index in [1.165, 1.54) is 18.9 Å². The van der Waals surface area contributed by atoms with Crippen LogP contribution in [0.5, 0.6) is 0 Å². The van der Waals surface area contributed by atoms with E-state index in [4.69, 9.17) is 9.15 Å². The molecule has 2 heterocycles. The minimum absolute atomic E-state index is 0.0475. The number of esters is 1. The van der Waals surface area contributed by atoms with Gasteiger partial charge in [-0.05, 0) is 42.3 Å². The lowest BCUT2D eigenvalue weighted by molar-refractivity contribution is -0.116. The topological polar surface area (TPSA) is 72.6 Å². The van der Waals surface area contributed by atoms with Crippen LogP contribution >= 0.6 is 11.8 Å². The van der Waals surface area contributed by atoms with Crippen molar-refractivity contribution < 1.29 is 18.7 Å². The predicted octanol–water partition coefficient (Wildman–Crippen LogP) is 3.95. The van der Waals surface area contributed by atoms with E-state index in [9.17, 15) is 9.59 Å². The van der Waals surface area contributed by atoms with Crippen LogP contribution in [0.25, 0.3) is 11.5 Å². The van der Waals surface area contributed by atoms with E-state index in [0.717, 1.165) is 28.9 Å². The molecule has 0 N–H and O–H groups in total. The number of carbonyl (C=O) groups is 2. The van der Waals surface area contributed by atoms with Crippen molar-refractivity contribution in [2.24, 2.45) is 0 Å². The molecule has 148 valence electrons. The van der Waals surface area contributed by atoms with E-state index in [0.29, 0.717) is 29.5 Å². The number of aromatic nitrogens is 1. The van der Waals surface area contributed by atoms with Crippen molar-refractivity contribution in [1.82, 2.24) is 4.98 Å². The number of oxazole rings is 1. The monoisotopic (exact) mass is 408 g/mol. The van der Waals surface area contributed by atoms with Gasteiger partial charge in [-0.2, -0.15) is 0 Å². The number of methoxy groups -OCH3 is 1. The molecule has 0 saturated heterocycles.